The largest absolute Gasteiger partial charge is 0.481 e. The molecule has 0 saturated heterocycles. The molecular formula is C20H22N4O2. The van der Waals surface area contributed by atoms with Crippen molar-refractivity contribution in [2.45, 2.75) is 33.0 Å². The van der Waals surface area contributed by atoms with Gasteiger partial charge in [-0.1, -0.05) is 42.5 Å². The second-order valence-electron chi connectivity index (χ2n) is 6.22. The molecule has 1 atom stereocenters. The normalized spacial score (nSPS) is 11.8. The predicted molar refractivity (Wildman–Crippen MR) is 98.3 cm³/mol. The molecule has 1 heterocycles. The van der Waals surface area contributed by atoms with Crippen molar-refractivity contribution in [3.05, 3.63) is 77.6 Å². The van der Waals surface area contributed by atoms with Gasteiger partial charge >= 0.3 is 0 Å². The van der Waals surface area contributed by atoms with Crippen molar-refractivity contribution in [3.8, 4) is 5.75 Å². The van der Waals surface area contributed by atoms with Gasteiger partial charge in [0.2, 0.25) is 0 Å². The minimum atomic E-state index is -0.604. The molecule has 0 unspecified atom stereocenters. The maximum Gasteiger partial charge on any atom is 0.264 e. The van der Waals surface area contributed by atoms with Crippen LogP contribution in [0, 0.1) is 6.92 Å². The van der Waals surface area contributed by atoms with Crippen LogP contribution in [0.4, 0.5) is 0 Å². The zero-order valence-corrected chi connectivity index (χ0v) is 14.9. The first-order valence-electron chi connectivity index (χ1n) is 8.52. The van der Waals surface area contributed by atoms with E-state index >= 15 is 0 Å². The molecule has 0 fully saturated rings. The summed E-state index contributed by atoms with van der Waals surface area (Å²) in [4.78, 5) is 14.7. The molecule has 0 aliphatic rings. The first kappa shape index (κ1) is 17.7. The highest BCUT2D eigenvalue weighted by molar-refractivity contribution is 5.80. The van der Waals surface area contributed by atoms with Gasteiger partial charge in [-0.15, -0.1) is 0 Å². The minimum Gasteiger partial charge on any atom is -0.481 e. The first-order chi connectivity index (χ1) is 12.6. The number of amides is 1. The smallest absolute Gasteiger partial charge is 0.264 e. The van der Waals surface area contributed by atoms with Gasteiger partial charge in [0.25, 0.3) is 5.91 Å². The molecule has 26 heavy (non-hydrogen) atoms. The zero-order chi connectivity index (χ0) is 18.4. The third-order valence-corrected chi connectivity index (χ3v) is 4.00. The number of nitrogens with one attached hydrogen (secondary N) is 1. The maximum atomic E-state index is 13.0. The predicted octanol–water partition coefficient (Wildman–Crippen LogP) is 3.11. The van der Waals surface area contributed by atoms with Crippen LogP contribution in [0.1, 0.15) is 23.7 Å². The van der Waals surface area contributed by atoms with E-state index in [4.69, 9.17) is 4.74 Å². The average molecular weight is 350 g/mol. The standard InChI is InChI=1S/C20H22N4O2/c1-15-7-6-10-19(11-15)26-16(2)20(25)24(14-18-12-21-23-22-18)13-17-8-4-3-5-9-17/h3-12,16H,13-14H2,1-2H3,(H,21,22,23)/t16-/m1/s1. The van der Waals surface area contributed by atoms with E-state index in [1.54, 1.807) is 18.0 Å². The van der Waals surface area contributed by atoms with Crippen LogP contribution in [0.2, 0.25) is 0 Å². The summed E-state index contributed by atoms with van der Waals surface area (Å²) in [5.74, 6) is 0.588. The summed E-state index contributed by atoms with van der Waals surface area (Å²) in [6.07, 6.45) is 1.02. The molecule has 1 amide bonds. The van der Waals surface area contributed by atoms with Gasteiger partial charge in [0.15, 0.2) is 6.10 Å². The molecule has 6 heteroatoms. The van der Waals surface area contributed by atoms with Gasteiger partial charge in [-0.25, -0.2) is 0 Å². The Kier molecular flexibility index (Phi) is 5.63. The van der Waals surface area contributed by atoms with E-state index in [1.807, 2.05) is 61.5 Å². The molecule has 134 valence electrons. The lowest BCUT2D eigenvalue weighted by Crippen LogP contribution is -2.39. The maximum absolute atomic E-state index is 13.0. The number of aromatic nitrogens is 3. The molecule has 3 aromatic rings. The fourth-order valence-electron chi connectivity index (χ4n) is 2.71. The van der Waals surface area contributed by atoms with Gasteiger partial charge in [0.1, 0.15) is 11.4 Å². The highest BCUT2D eigenvalue weighted by atomic mass is 16.5. The lowest BCUT2D eigenvalue weighted by atomic mass is 10.2. The second-order valence-corrected chi connectivity index (χ2v) is 6.22. The molecule has 0 radical (unpaired) electrons. The van der Waals surface area contributed by atoms with E-state index < -0.39 is 6.10 Å². The number of aromatic amines is 1. The van der Waals surface area contributed by atoms with Crippen LogP contribution in [0.3, 0.4) is 0 Å². The molecule has 0 bridgehead atoms. The number of aryl methyl sites for hydroxylation is 1. The number of H-pyrrole nitrogens is 1. The summed E-state index contributed by atoms with van der Waals surface area (Å²) in [5.41, 5.74) is 2.84. The molecule has 3 rings (SSSR count). The van der Waals surface area contributed by atoms with Crippen molar-refractivity contribution < 1.29 is 9.53 Å². The number of hydrogen-bond acceptors (Lipinski definition) is 4. The van der Waals surface area contributed by atoms with Crippen LogP contribution in [-0.4, -0.2) is 32.3 Å². The van der Waals surface area contributed by atoms with Crippen molar-refractivity contribution in [2.24, 2.45) is 0 Å². The lowest BCUT2D eigenvalue weighted by molar-refractivity contribution is -0.139. The van der Waals surface area contributed by atoms with Crippen molar-refractivity contribution >= 4 is 5.91 Å². The Balaban J connectivity index is 1.74. The number of rotatable bonds is 7. The molecule has 0 saturated carbocycles. The summed E-state index contributed by atoms with van der Waals surface area (Å²) in [7, 11) is 0. The average Bonchev–Trinajstić information content (AvgIpc) is 3.14. The summed E-state index contributed by atoms with van der Waals surface area (Å²) >= 11 is 0. The van der Waals surface area contributed by atoms with Crippen LogP contribution in [0.15, 0.2) is 60.8 Å². The third-order valence-electron chi connectivity index (χ3n) is 4.00. The second kappa shape index (κ2) is 8.29. The number of carbonyl (C=O) groups is 1. The topological polar surface area (TPSA) is 71.1 Å². The fourth-order valence-corrected chi connectivity index (χ4v) is 2.71. The minimum absolute atomic E-state index is 0.0987. The molecule has 6 nitrogen and oxygen atoms in total. The van der Waals surface area contributed by atoms with Gasteiger partial charge in [-0.3, -0.25) is 4.79 Å². The molecular weight excluding hydrogens is 328 g/mol. The quantitative estimate of drug-likeness (QED) is 0.711. The number of carbonyl (C=O) groups excluding carboxylic acids is 1. The SMILES string of the molecule is Cc1cccc(O[C@H](C)C(=O)N(Cc2ccccc2)Cc2cn[nH]n2)c1. The van der Waals surface area contributed by atoms with E-state index in [-0.39, 0.29) is 5.91 Å². The van der Waals surface area contributed by atoms with E-state index in [2.05, 4.69) is 15.4 Å². The van der Waals surface area contributed by atoms with Crippen LogP contribution in [0.5, 0.6) is 5.75 Å². The zero-order valence-electron chi connectivity index (χ0n) is 14.9. The number of benzene rings is 2. The third kappa shape index (κ3) is 4.69. The summed E-state index contributed by atoms with van der Waals surface area (Å²) in [5, 5.41) is 10.5. The van der Waals surface area contributed by atoms with Crippen molar-refractivity contribution in [2.75, 3.05) is 0 Å². The van der Waals surface area contributed by atoms with E-state index in [0.717, 1.165) is 11.1 Å². The van der Waals surface area contributed by atoms with Crippen LogP contribution in [-0.2, 0) is 17.9 Å². The summed E-state index contributed by atoms with van der Waals surface area (Å²) in [6.45, 7) is 4.61. The Labute approximate surface area is 152 Å². The van der Waals surface area contributed by atoms with Crippen LogP contribution in [0.25, 0.3) is 0 Å². The Hall–Kier alpha value is -3.15. The van der Waals surface area contributed by atoms with Gasteiger partial charge in [-0.2, -0.15) is 15.4 Å². The molecule has 0 aliphatic carbocycles. The number of ether oxygens (including phenoxy) is 1. The van der Waals surface area contributed by atoms with E-state index in [9.17, 15) is 4.79 Å². The number of hydrogen-bond donors (Lipinski definition) is 1. The summed E-state index contributed by atoms with van der Waals surface area (Å²) < 4.78 is 5.86. The van der Waals surface area contributed by atoms with E-state index in [0.29, 0.717) is 24.5 Å². The van der Waals surface area contributed by atoms with E-state index in [1.165, 1.54) is 0 Å². The molecule has 0 spiro atoms. The lowest BCUT2D eigenvalue weighted by Gasteiger charge is -2.25. The molecule has 1 aromatic heterocycles. The fraction of sp³-hybridized carbons (Fsp3) is 0.250. The van der Waals surface area contributed by atoms with Gasteiger partial charge < -0.3 is 9.64 Å². The van der Waals surface area contributed by atoms with Crippen molar-refractivity contribution in [3.63, 3.8) is 0 Å². The van der Waals surface area contributed by atoms with Crippen LogP contribution < -0.4 is 4.74 Å². The first-order valence-corrected chi connectivity index (χ1v) is 8.52. The number of nitrogens with zero attached hydrogens (tertiary/aromatic N) is 3. The van der Waals surface area contributed by atoms with Crippen molar-refractivity contribution in [1.82, 2.24) is 20.3 Å². The Bertz CT molecular complexity index is 834. The van der Waals surface area contributed by atoms with Crippen molar-refractivity contribution in [1.29, 1.82) is 0 Å². The highest BCUT2D eigenvalue weighted by Gasteiger charge is 2.23. The summed E-state index contributed by atoms with van der Waals surface area (Å²) in [6, 6.07) is 17.5. The molecule has 0 aliphatic heterocycles. The van der Waals surface area contributed by atoms with Gasteiger partial charge in [-0.05, 0) is 37.1 Å². The monoisotopic (exact) mass is 350 g/mol. The molecule has 2 aromatic carbocycles. The van der Waals surface area contributed by atoms with Gasteiger partial charge in [0, 0.05) is 6.54 Å². The Morgan fingerprint density at radius 3 is 2.65 bits per heavy atom. The molecule has 1 N–H and O–H groups in total. The van der Waals surface area contributed by atoms with Gasteiger partial charge in [0.05, 0.1) is 12.7 Å². The highest BCUT2D eigenvalue weighted by Crippen LogP contribution is 2.17. The Morgan fingerprint density at radius 1 is 1.15 bits per heavy atom. The Morgan fingerprint density at radius 2 is 1.96 bits per heavy atom. The van der Waals surface area contributed by atoms with Crippen LogP contribution >= 0.6 is 0 Å².